The van der Waals surface area contributed by atoms with Crippen molar-refractivity contribution in [1.82, 2.24) is 10.2 Å². The smallest absolute Gasteiger partial charge is 0.308 e. The maximum atomic E-state index is 12.2. The van der Waals surface area contributed by atoms with Gasteiger partial charge in [-0.3, -0.25) is 14.0 Å². The van der Waals surface area contributed by atoms with Gasteiger partial charge in [0.1, 0.15) is 0 Å². The summed E-state index contributed by atoms with van der Waals surface area (Å²) < 4.78 is 17.0. The first kappa shape index (κ1) is 22.9. The molecule has 1 atom stereocenters. The van der Waals surface area contributed by atoms with Gasteiger partial charge in [0, 0.05) is 49.0 Å². The van der Waals surface area contributed by atoms with Crippen molar-refractivity contribution in [3.63, 3.8) is 0 Å². The highest BCUT2D eigenvalue weighted by Crippen LogP contribution is 2.18. The van der Waals surface area contributed by atoms with Crippen LogP contribution in [0, 0.1) is 5.92 Å². The number of guanidine groups is 1. The van der Waals surface area contributed by atoms with E-state index in [1.165, 1.54) is 7.11 Å². The van der Waals surface area contributed by atoms with E-state index in [1.807, 2.05) is 30.3 Å². The fourth-order valence-electron chi connectivity index (χ4n) is 2.93. The first-order valence-corrected chi connectivity index (χ1v) is 10.0. The molecule has 1 N–H and O–H groups in total. The number of likely N-dealkylation sites (tertiary alicyclic amines) is 1. The summed E-state index contributed by atoms with van der Waals surface area (Å²) in [7, 11) is 2.28. The van der Waals surface area contributed by atoms with Crippen molar-refractivity contribution >= 4 is 46.7 Å². The number of benzene rings is 1. The van der Waals surface area contributed by atoms with E-state index in [-0.39, 0.29) is 35.9 Å². The number of rotatable bonds is 6. The van der Waals surface area contributed by atoms with Gasteiger partial charge in [-0.2, -0.15) is 0 Å². The molecule has 26 heavy (non-hydrogen) atoms. The second-order valence-electron chi connectivity index (χ2n) is 6.03. The number of nitrogens with one attached hydrogen (secondary N) is 1. The van der Waals surface area contributed by atoms with Crippen molar-refractivity contribution in [3.8, 4) is 0 Å². The van der Waals surface area contributed by atoms with Gasteiger partial charge in [-0.25, -0.2) is 0 Å². The number of carbonyl (C=O) groups excluding carboxylic acids is 1. The highest BCUT2D eigenvalue weighted by molar-refractivity contribution is 14.0. The van der Waals surface area contributed by atoms with Crippen LogP contribution < -0.4 is 5.32 Å². The topological polar surface area (TPSA) is 71.0 Å². The second-order valence-corrected chi connectivity index (χ2v) is 7.61. The minimum atomic E-state index is -0.905. The fourth-order valence-corrected chi connectivity index (χ4v) is 3.97. The Balaban J connectivity index is 0.00000338. The van der Waals surface area contributed by atoms with E-state index in [9.17, 15) is 9.00 Å². The Labute approximate surface area is 175 Å². The minimum absolute atomic E-state index is 0. The predicted molar refractivity (Wildman–Crippen MR) is 116 cm³/mol. The summed E-state index contributed by atoms with van der Waals surface area (Å²) >= 11 is 0. The maximum absolute atomic E-state index is 12.2. The lowest BCUT2D eigenvalue weighted by Crippen LogP contribution is -2.47. The molecule has 6 nitrogen and oxygen atoms in total. The van der Waals surface area contributed by atoms with Crippen LogP contribution in [-0.4, -0.2) is 60.6 Å². The number of hydrogen-bond donors (Lipinski definition) is 1. The zero-order valence-corrected chi connectivity index (χ0v) is 18.5. The molecule has 1 heterocycles. The van der Waals surface area contributed by atoms with Gasteiger partial charge in [0.2, 0.25) is 0 Å². The van der Waals surface area contributed by atoms with Crippen molar-refractivity contribution in [2.24, 2.45) is 10.9 Å². The Morgan fingerprint density at radius 1 is 1.31 bits per heavy atom. The summed E-state index contributed by atoms with van der Waals surface area (Å²) in [5.41, 5.74) is 1.09. The molecule has 0 aliphatic carbocycles. The number of ether oxygens (including phenoxy) is 1. The van der Waals surface area contributed by atoms with Crippen LogP contribution in [0.1, 0.15) is 18.4 Å². The van der Waals surface area contributed by atoms with Crippen molar-refractivity contribution in [2.75, 3.05) is 39.5 Å². The standard InChI is InChI=1S/C18H27N3O3S.HI/c1-19-18(21-11-8-16(9-12-21)17(22)24-2)20-10-13-25(23)14-15-6-4-3-5-7-15;/h3-7,16H,8-14H2,1-2H3,(H,19,20);1H. The number of esters is 1. The van der Waals surface area contributed by atoms with E-state index in [1.54, 1.807) is 7.05 Å². The Morgan fingerprint density at radius 2 is 1.96 bits per heavy atom. The predicted octanol–water partition coefficient (Wildman–Crippen LogP) is 2.01. The number of methoxy groups -OCH3 is 1. The number of hydrogen-bond acceptors (Lipinski definition) is 4. The van der Waals surface area contributed by atoms with Crippen LogP contribution in [0.5, 0.6) is 0 Å². The normalized spacial score (nSPS) is 16.5. The van der Waals surface area contributed by atoms with E-state index < -0.39 is 10.8 Å². The van der Waals surface area contributed by atoms with Crippen LogP contribution in [0.25, 0.3) is 0 Å². The van der Waals surface area contributed by atoms with Gasteiger partial charge in [0.05, 0.1) is 13.0 Å². The lowest BCUT2D eigenvalue weighted by Gasteiger charge is -2.33. The SMILES string of the molecule is CN=C(NCCS(=O)Cc1ccccc1)N1CCC(C(=O)OC)CC1.I. The van der Waals surface area contributed by atoms with Crippen LogP contribution >= 0.6 is 24.0 Å². The molecule has 0 radical (unpaired) electrons. The largest absolute Gasteiger partial charge is 0.469 e. The van der Waals surface area contributed by atoms with Crippen LogP contribution in [0.3, 0.4) is 0 Å². The van der Waals surface area contributed by atoms with Crippen LogP contribution in [0.2, 0.25) is 0 Å². The lowest BCUT2D eigenvalue weighted by atomic mass is 9.97. The molecule has 1 saturated heterocycles. The molecule has 0 amide bonds. The molecule has 0 saturated carbocycles. The number of halogens is 1. The first-order chi connectivity index (χ1) is 12.1. The summed E-state index contributed by atoms with van der Waals surface area (Å²) in [6.07, 6.45) is 1.54. The van der Waals surface area contributed by atoms with Gasteiger partial charge in [0.15, 0.2) is 5.96 Å². The summed E-state index contributed by atoms with van der Waals surface area (Å²) in [6, 6.07) is 9.88. The third-order valence-corrected chi connectivity index (χ3v) is 5.64. The average Bonchev–Trinajstić information content (AvgIpc) is 2.65. The molecule has 1 aliphatic heterocycles. The number of piperidine rings is 1. The third kappa shape index (κ3) is 7.22. The van der Waals surface area contributed by atoms with E-state index >= 15 is 0 Å². The number of nitrogens with zero attached hydrogens (tertiary/aromatic N) is 2. The summed E-state index contributed by atoms with van der Waals surface area (Å²) in [4.78, 5) is 18.0. The van der Waals surface area contributed by atoms with E-state index in [0.29, 0.717) is 18.1 Å². The Kier molecular flexibility index (Phi) is 10.8. The average molecular weight is 493 g/mol. The zero-order chi connectivity index (χ0) is 18.1. The monoisotopic (exact) mass is 493 g/mol. The molecule has 1 aromatic carbocycles. The molecule has 1 unspecified atom stereocenters. The van der Waals surface area contributed by atoms with E-state index in [4.69, 9.17) is 4.74 Å². The molecular formula is C18H28IN3O3S. The van der Waals surface area contributed by atoms with Gasteiger partial charge >= 0.3 is 5.97 Å². The number of carbonyl (C=O) groups is 1. The van der Waals surface area contributed by atoms with Crippen molar-refractivity contribution in [1.29, 1.82) is 0 Å². The molecule has 0 bridgehead atoms. The van der Waals surface area contributed by atoms with E-state index in [0.717, 1.165) is 37.5 Å². The molecule has 8 heteroatoms. The molecule has 1 fully saturated rings. The van der Waals surface area contributed by atoms with Gasteiger partial charge in [-0.05, 0) is 18.4 Å². The second kappa shape index (κ2) is 12.3. The fraction of sp³-hybridized carbons (Fsp3) is 0.556. The van der Waals surface area contributed by atoms with Crippen molar-refractivity contribution in [3.05, 3.63) is 35.9 Å². The highest BCUT2D eigenvalue weighted by atomic mass is 127. The molecule has 0 spiro atoms. The quantitative estimate of drug-likeness (QED) is 0.284. The summed E-state index contributed by atoms with van der Waals surface area (Å²) in [5, 5.41) is 3.28. The van der Waals surface area contributed by atoms with Gasteiger partial charge in [0.25, 0.3) is 0 Å². The molecule has 0 aromatic heterocycles. The van der Waals surface area contributed by atoms with Crippen LogP contribution in [0.15, 0.2) is 35.3 Å². The van der Waals surface area contributed by atoms with Crippen molar-refractivity contribution < 1.29 is 13.7 Å². The highest BCUT2D eigenvalue weighted by Gasteiger charge is 2.26. The van der Waals surface area contributed by atoms with Crippen molar-refractivity contribution in [2.45, 2.75) is 18.6 Å². The summed E-state index contributed by atoms with van der Waals surface area (Å²) in [5.74, 6) is 1.81. The van der Waals surface area contributed by atoms with Gasteiger partial charge in [-0.15, -0.1) is 24.0 Å². The molecule has 1 aliphatic rings. The van der Waals surface area contributed by atoms with Crippen LogP contribution in [-0.2, 0) is 26.1 Å². The van der Waals surface area contributed by atoms with Gasteiger partial charge < -0.3 is 15.0 Å². The lowest BCUT2D eigenvalue weighted by molar-refractivity contribution is -0.146. The molecule has 2 rings (SSSR count). The molecule has 146 valence electrons. The Bertz CT molecular complexity index is 605. The molecule has 1 aromatic rings. The van der Waals surface area contributed by atoms with Crippen LogP contribution in [0.4, 0.5) is 0 Å². The minimum Gasteiger partial charge on any atom is -0.469 e. The first-order valence-electron chi connectivity index (χ1n) is 8.56. The Hall–Kier alpha value is -1.16. The number of aliphatic imine (C=N–C) groups is 1. The molecular weight excluding hydrogens is 465 g/mol. The zero-order valence-electron chi connectivity index (χ0n) is 15.3. The van der Waals surface area contributed by atoms with E-state index in [2.05, 4.69) is 15.2 Å². The van der Waals surface area contributed by atoms with Gasteiger partial charge in [-0.1, -0.05) is 30.3 Å². The summed E-state index contributed by atoms with van der Waals surface area (Å²) in [6.45, 7) is 2.15. The third-order valence-electron chi connectivity index (χ3n) is 4.32. The maximum Gasteiger partial charge on any atom is 0.308 e. The Morgan fingerprint density at radius 3 is 2.54 bits per heavy atom.